The van der Waals surface area contributed by atoms with Crippen molar-refractivity contribution in [3.63, 3.8) is 0 Å². The Morgan fingerprint density at radius 2 is 2.36 bits per heavy atom. The summed E-state index contributed by atoms with van der Waals surface area (Å²) >= 11 is 0. The highest BCUT2D eigenvalue weighted by molar-refractivity contribution is 5.42. The van der Waals surface area contributed by atoms with E-state index in [2.05, 4.69) is 12.2 Å². The van der Waals surface area contributed by atoms with Crippen molar-refractivity contribution < 1.29 is 9.84 Å². The summed E-state index contributed by atoms with van der Waals surface area (Å²) in [6.45, 7) is 2.09. The van der Waals surface area contributed by atoms with Crippen molar-refractivity contribution in [3.8, 4) is 11.5 Å². The molecule has 2 unspecified atom stereocenters. The smallest absolute Gasteiger partial charge is 0.123 e. The van der Waals surface area contributed by atoms with Gasteiger partial charge >= 0.3 is 0 Å². The van der Waals surface area contributed by atoms with E-state index < -0.39 is 0 Å². The zero-order valence-electron chi connectivity index (χ0n) is 8.45. The maximum Gasteiger partial charge on any atom is 0.123 e. The van der Waals surface area contributed by atoms with E-state index in [1.54, 1.807) is 12.1 Å². The lowest BCUT2D eigenvalue weighted by Crippen LogP contribution is -2.37. The molecule has 14 heavy (non-hydrogen) atoms. The Morgan fingerprint density at radius 3 is 3.07 bits per heavy atom. The van der Waals surface area contributed by atoms with Gasteiger partial charge in [-0.15, -0.1) is 0 Å². The Balaban J connectivity index is 2.17. The number of fused-ring (bicyclic) bond motifs is 1. The maximum atomic E-state index is 9.31. The van der Waals surface area contributed by atoms with Crippen molar-refractivity contribution in [3.05, 3.63) is 23.8 Å². The first-order valence-electron chi connectivity index (χ1n) is 4.86. The molecule has 3 heteroatoms. The van der Waals surface area contributed by atoms with E-state index in [0.717, 1.165) is 17.7 Å². The molecule has 2 atom stereocenters. The molecule has 2 N–H and O–H groups in total. The Bertz CT molecular complexity index is 338. The lowest BCUT2D eigenvalue weighted by atomic mass is 10.1. The molecule has 0 bridgehead atoms. The highest BCUT2D eigenvalue weighted by Crippen LogP contribution is 2.32. The van der Waals surface area contributed by atoms with Gasteiger partial charge in [-0.2, -0.15) is 0 Å². The molecule has 0 radical (unpaired) electrons. The van der Waals surface area contributed by atoms with Gasteiger partial charge in [0.25, 0.3) is 0 Å². The summed E-state index contributed by atoms with van der Waals surface area (Å²) in [5, 5.41) is 12.5. The van der Waals surface area contributed by atoms with Gasteiger partial charge in [-0.1, -0.05) is 0 Å². The molecular formula is C11H15NO2. The van der Waals surface area contributed by atoms with Gasteiger partial charge in [-0.05, 0) is 32.2 Å². The quantitative estimate of drug-likeness (QED) is 0.744. The molecule has 3 nitrogen and oxygen atoms in total. The molecule has 2 rings (SSSR count). The largest absolute Gasteiger partial charge is 0.508 e. The third kappa shape index (κ3) is 1.55. The van der Waals surface area contributed by atoms with Gasteiger partial charge < -0.3 is 15.2 Å². The molecular weight excluding hydrogens is 178 g/mol. The predicted molar refractivity (Wildman–Crippen MR) is 54.7 cm³/mol. The van der Waals surface area contributed by atoms with Gasteiger partial charge in [0.15, 0.2) is 0 Å². The molecule has 0 saturated heterocycles. The Labute approximate surface area is 83.7 Å². The third-order valence-corrected chi connectivity index (χ3v) is 2.76. The fourth-order valence-electron chi connectivity index (χ4n) is 1.73. The summed E-state index contributed by atoms with van der Waals surface area (Å²) in [7, 11) is 1.93. The second kappa shape index (κ2) is 3.50. The van der Waals surface area contributed by atoms with E-state index >= 15 is 0 Å². The molecule has 0 fully saturated rings. The normalized spacial score (nSPS) is 21.4. The first kappa shape index (κ1) is 9.34. The minimum atomic E-state index is 0.178. The number of phenolic OH excluding ortho intramolecular Hbond substituents is 1. The van der Waals surface area contributed by atoms with Crippen LogP contribution in [0.1, 0.15) is 12.5 Å². The standard InChI is InChI=1S/C11H15NO2/c1-7(12-2)11-6-8-5-9(13)3-4-10(8)14-11/h3-5,7,11-13H,6H2,1-2H3. The van der Waals surface area contributed by atoms with E-state index in [9.17, 15) is 5.11 Å². The van der Waals surface area contributed by atoms with Gasteiger partial charge in [0, 0.05) is 18.0 Å². The van der Waals surface area contributed by atoms with Crippen molar-refractivity contribution in [2.45, 2.75) is 25.5 Å². The average molecular weight is 193 g/mol. The molecule has 0 aromatic heterocycles. The second-order valence-electron chi connectivity index (χ2n) is 3.73. The van der Waals surface area contributed by atoms with Gasteiger partial charge in [0.05, 0.1) is 0 Å². The summed E-state index contributed by atoms with van der Waals surface area (Å²) in [5.41, 5.74) is 1.09. The van der Waals surface area contributed by atoms with Crippen LogP contribution in [0.15, 0.2) is 18.2 Å². The minimum absolute atomic E-state index is 0.178. The van der Waals surface area contributed by atoms with Crippen LogP contribution in [0.3, 0.4) is 0 Å². The van der Waals surface area contributed by atoms with Crippen LogP contribution in [-0.2, 0) is 6.42 Å². The molecule has 76 valence electrons. The number of benzene rings is 1. The number of aromatic hydroxyl groups is 1. The lowest BCUT2D eigenvalue weighted by molar-refractivity contribution is 0.191. The fourth-order valence-corrected chi connectivity index (χ4v) is 1.73. The Hall–Kier alpha value is -1.22. The fraction of sp³-hybridized carbons (Fsp3) is 0.455. The molecule has 1 aromatic carbocycles. The van der Waals surface area contributed by atoms with Crippen LogP contribution < -0.4 is 10.1 Å². The molecule has 1 heterocycles. The van der Waals surface area contributed by atoms with Crippen LogP contribution in [0.5, 0.6) is 11.5 Å². The second-order valence-corrected chi connectivity index (χ2v) is 3.73. The molecule has 1 aliphatic rings. The van der Waals surface area contributed by atoms with Crippen molar-refractivity contribution in [2.75, 3.05) is 7.05 Å². The number of ether oxygens (including phenoxy) is 1. The summed E-state index contributed by atoms with van der Waals surface area (Å²) in [6.07, 6.45) is 1.04. The van der Waals surface area contributed by atoms with Gasteiger partial charge in [-0.25, -0.2) is 0 Å². The van der Waals surface area contributed by atoms with Crippen LogP contribution in [0.25, 0.3) is 0 Å². The third-order valence-electron chi connectivity index (χ3n) is 2.76. The topological polar surface area (TPSA) is 41.5 Å². The minimum Gasteiger partial charge on any atom is -0.508 e. The van der Waals surface area contributed by atoms with Gasteiger partial charge in [-0.3, -0.25) is 0 Å². The lowest BCUT2D eigenvalue weighted by Gasteiger charge is -2.17. The summed E-state index contributed by atoms with van der Waals surface area (Å²) in [4.78, 5) is 0. The SMILES string of the molecule is CNC(C)C1Cc2cc(O)ccc2O1. The predicted octanol–water partition coefficient (Wildman–Crippen LogP) is 1.30. The van der Waals surface area contributed by atoms with Crippen molar-refractivity contribution in [1.29, 1.82) is 0 Å². The van der Waals surface area contributed by atoms with Crippen LogP contribution in [0.2, 0.25) is 0 Å². The number of phenols is 1. The molecule has 0 spiro atoms. The summed E-state index contributed by atoms with van der Waals surface area (Å²) in [5.74, 6) is 1.21. The zero-order valence-corrected chi connectivity index (χ0v) is 8.45. The van der Waals surface area contributed by atoms with Crippen LogP contribution in [0, 0.1) is 0 Å². The zero-order chi connectivity index (χ0) is 10.1. The number of likely N-dealkylation sites (N-methyl/N-ethyl adjacent to an activating group) is 1. The number of hydrogen-bond donors (Lipinski definition) is 2. The van der Waals surface area contributed by atoms with E-state index in [1.165, 1.54) is 0 Å². The number of rotatable bonds is 2. The van der Waals surface area contributed by atoms with E-state index in [0.29, 0.717) is 11.8 Å². The number of nitrogens with one attached hydrogen (secondary N) is 1. The van der Waals surface area contributed by atoms with Crippen LogP contribution >= 0.6 is 0 Å². The van der Waals surface area contributed by atoms with Gasteiger partial charge in [0.2, 0.25) is 0 Å². The van der Waals surface area contributed by atoms with Crippen LogP contribution in [0.4, 0.5) is 0 Å². The summed E-state index contributed by atoms with van der Waals surface area (Å²) in [6, 6.07) is 5.58. The molecule has 1 aliphatic heterocycles. The van der Waals surface area contributed by atoms with E-state index in [-0.39, 0.29) is 6.10 Å². The maximum absolute atomic E-state index is 9.31. The molecule has 0 aliphatic carbocycles. The Morgan fingerprint density at radius 1 is 1.57 bits per heavy atom. The van der Waals surface area contributed by atoms with E-state index in [4.69, 9.17) is 4.74 Å². The van der Waals surface area contributed by atoms with Crippen molar-refractivity contribution in [2.24, 2.45) is 0 Å². The first-order chi connectivity index (χ1) is 6.70. The van der Waals surface area contributed by atoms with E-state index in [1.807, 2.05) is 13.1 Å². The monoisotopic (exact) mass is 193 g/mol. The first-order valence-corrected chi connectivity index (χ1v) is 4.86. The number of hydrogen-bond acceptors (Lipinski definition) is 3. The molecule has 0 amide bonds. The average Bonchev–Trinajstić information content (AvgIpc) is 2.59. The van der Waals surface area contributed by atoms with Crippen molar-refractivity contribution >= 4 is 0 Å². The van der Waals surface area contributed by atoms with Crippen molar-refractivity contribution in [1.82, 2.24) is 5.32 Å². The molecule has 1 aromatic rings. The highest BCUT2D eigenvalue weighted by Gasteiger charge is 2.26. The highest BCUT2D eigenvalue weighted by atomic mass is 16.5. The van der Waals surface area contributed by atoms with Gasteiger partial charge in [0.1, 0.15) is 17.6 Å². The summed E-state index contributed by atoms with van der Waals surface area (Å²) < 4.78 is 5.74. The molecule has 0 saturated carbocycles. The Kier molecular flexibility index (Phi) is 2.33. The van der Waals surface area contributed by atoms with Crippen LogP contribution in [-0.4, -0.2) is 24.3 Å².